The van der Waals surface area contributed by atoms with E-state index in [1.54, 1.807) is 17.9 Å². The van der Waals surface area contributed by atoms with Gasteiger partial charge in [0.05, 0.1) is 29.6 Å². The number of pyridine rings is 1. The third-order valence-corrected chi connectivity index (χ3v) is 6.02. The minimum Gasteiger partial charge on any atom is -0.368 e. The summed E-state index contributed by atoms with van der Waals surface area (Å²) in [7, 11) is 0. The van der Waals surface area contributed by atoms with Gasteiger partial charge in [0, 0.05) is 19.3 Å². The second-order valence-corrected chi connectivity index (χ2v) is 8.46. The van der Waals surface area contributed by atoms with E-state index in [2.05, 4.69) is 20.5 Å². The van der Waals surface area contributed by atoms with Crippen molar-refractivity contribution in [1.29, 1.82) is 0 Å². The summed E-state index contributed by atoms with van der Waals surface area (Å²) in [5.74, 6) is -0.566. The van der Waals surface area contributed by atoms with E-state index in [1.165, 1.54) is 24.5 Å². The molecule has 7 nitrogen and oxygen atoms in total. The highest BCUT2D eigenvalue weighted by atomic mass is 19.4. The Morgan fingerprint density at radius 1 is 1.21 bits per heavy atom. The lowest BCUT2D eigenvalue weighted by Crippen LogP contribution is -2.51. The summed E-state index contributed by atoms with van der Waals surface area (Å²) < 4.78 is 53.3. The predicted octanol–water partition coefficient (Wildman–Crippen LogP) is 4.48. The first kappa shape index (κ1) is 23.7. The van der Waals surface area contributed by atoms with Gasteiger partial charge in [0.25, 0.3) is 5.91 Å². The molecule has 2 atom stereocenters. The Hall–Kier alpha value is -3.50. The van der Waals surface area contributed by atoms with Gasteiger partial charge in [-0.3, -0.25) is 4.79 Å². The molecule has 1 aromatic carbocycles. The third-order valence-electron chi connectivity index (χ3n) is 6.02. The van der Waals surface area contributed by atoms with Crippen molar-refractivity contribution < 1.29 is 22.4 Å². The van der Waals surface area contributed by atoms with Crippen LogP contribution < -0.4 is 5.32 Å². The largest absolute Gasteiger partial charge is 0.417 e. The molecule has 2 aromatic heterocycles. The Balaban J connectivity index is 1.59. The molecule has 34 heavy (non-hydrogen) atoms. The van der Waals surface area contributed by atoms with Crippen molar-refractivity contribution in [2.75, 3.05) is 18.4 Å². The van der Waals surface area contributed by atoms with Crippen LogP contribution in [0.1, 0.15) is 41.3 Å². The summed E-state index contributed by atoms with van der Waals surface area (Å²) in [4.78, 5) is 20.3. The number of rotatable bonds is 5. The fourth-order valence-electron chi connectivity index (χ4n) is 4.27. The topological polar surface area (TPSA) is 75.9 Å². The van der Waals surface area contributed by atoms with Gasteiger partial charge in [-0.2, -0.15) is 23.4 Å². The summed E-state index contributed by atoms with van der Waals surface area (Å²) >= 11 is 0. The highest BCUT2D eigenvalue weighted by Crippen LogP contribution is 2.30. The number of hydrogen-bond acceptors (Lipinski definition) is 5. The first-order valence-corrected chi connectivity index (χ1v) is 10.9. The Kier molecular flexibility index (Phi) is 6.54. The number of carbonyl (C=O) groups excluding carboxylic acids is 1. The molecule has 1 aliphatic rings. The highest BCUT2D eigenvalue weighted by molar-refractivity contribution is 5.98. The molecule has 1 aliphatic heterocycles. The zero-order chi connectivity index (χ0) is 24.5. The van der Waals surface area contributed by atoms with Gasteiger partial charge >= 0.3 is 6.18 Å². The Bertz CT molecular complexity index is 1150. The number of anilines is 1. The number of likely N-dealkylation sites (tertiary alicyclic amines) is 1. The van der Waals surface area contributed by atoms with Crippen LogP contribution in [0.25, 0.3) is 5.69 Å². The summed E-state index contributed by atoms with van der Waals surface area (Å²) in [6.07, 6.45) is 0.782. The van der Waals surface area contributed by atoms with E-state index in [9.17, 15) is 22.4 Å². The first-order chi connectivity index (χ1) is 16.1. The second kappa shape index (κ2) is 9.40. The lowest BCUT2D eigenvalue weighted by atomic mass is 9.89. The number of alkyl halides is 3. The number of nitrogens with one attached hydrogen (secondary N) is 1. The molecule has 0 radical (unpaired) electrons. The summed E-state index contributed by atoms with van der Waals surface area (Å²) in [6.45, 7) is 4.47. The van der Waals surface area contributed by atoms with Gasteiger partial charge in [-0.1, -0.05) is 6.92 Å². The van der Waals surface area contributed by atoms with Crippen molar-refractivity contribution in [3.8, 4) is 5.69 Å². The van der Waals surface area contributed by atoms with Crippen molar-refractivity contribution in [1.82, 2.24) is 24.9 Å². The van der Waals surface area contributed by atoms with Crippen LogP contribution in [0.4, 0.5) is 23.4 Å². The number of aromatic nitrogens is 4. The van der Waals surface area contributed by atoms with Gasteiger partial charge in [0.1, 0.15) is 11.5 Å². The molecular weight excluding hydrogens is 452 g/mol. The first-order valence-electron chi connectivity index (χ1n) is 10.9. The SMILES string of the molecule is Cc1cc(F)c(-n2nccn2)c(C(=O)N2CCCC(C)C2CNc2ccc(C(F)(F)F)cn2)c1. The van der Waals surface area contributed by atoms with Crippen molar-refractivity contribution in [2.45, 2.75) is 38.9 Å². The number of piperidine rings is 1. The number of halogens is 4. The van der Waals surface area contributed by atoms with E-state index in [-0.39, 0.29) is 41.5 Å². The molecule has 3 aromatic rings. The quantitative estimate of drug-likeness (QED) is 0.550. The molecule has 11 heteroatoms. The smallest absolute Gasteiger partial charge is 0.368 e. The van der Waals surface area contributed by atoms with Crippen LogP contribution in [0, 0.1) is 18.7 Å². The Morgan fingerprint density at radius 2 is 1.94 bits per heavy atom. The molecule has 1 amide bonds. The Morgan fingerprint density at radius 3 is 2.59 bits per heavy atom. The maximum Gasteiger partial charge on any atom is 0.417 e. The predicted molar refractivity (Wildman–Crippen MR) is 117 cm³/mol. The van der Waals surface area contributed by atoms with Gasteiger partial charge in [-0.25, -0.2) is 9.37 Å². The molecule has 1 saturated heterocycles. The van der Waals surface area contributed by atoms with Crippen molar-refractivity contribution in [2.24, 2.45) is 5.92 Å². The highest BCUT2D eigenvalue weighted by Gasteiger charge is 2.35. The average molecular weight is 476 g/mol. The zero-order valence-electron chi connectivity index (χ0n) is 18.7. The van der Waals surface area contributed by atoms with Crippen molar-refractivity contribution >= 4 is 11.7 Å². The number of amides is 1. The number of nitrogens with zero attached hydrogens (tertiary/aromatic N) is 5. The normalized spacial score (nSPS) is 18.7. The maximum atomic E-state index is 14.9. The molecule has 3 heterocycles. The molecule has 0 spiro atoms. The summed E-state index contributed by atoms with van der Waals surface area (Å²) in [5, 5.41) is 11.0. The van der Waals surface area contributed by atoms with Crippen LogP contribution in [0.15, 0.2) is 42.9 Å². The van der Waals surface area contributed by atoms with E-state index in [0.717, 1.165) is 29.9 Å². The van der Waals surface area contributed by atoms with Gasteiger partial charge in [-0.05, 0) is 55.5 Å². The van der Waals surface area contributed by atoms with Crippen LogP contribution in [-0.4, -0.2) is 49.9 Å². The fraction of sp³-hybridized carbons (Fsp3) is 0.391. The van der Waals surface area contributed by atoms with Crippen LogP contribution >= 0.6 is 0 Å². The molecule has 1 N–H and O–H groups in total. The van der Waals surface area contributed by atoms with E-state index < -0.39 is 17.6 Å². The molecule has 0 aliphatic carbocycles. The number of carbonyl (C=O) groups is 1. The van der Waals surface area contributed by atoms with Crippen molar-refractivity contribution in [3.05, 3.63) is 65.4 Å². The lowest BCUT2D eigenvalue weighted by molar-refractivity contribution is -0.137. The van der Waals surface area contributed by atoms with Crippen LogP contribution in [0.2, 0.25) is 0 Å². The monoisotopic (exact) mass is 476 g/mol. The fourth-order valence-corrected chi connectivity index (χ4v) is 4.27. The molecule has 0 bridgehead atoms. The van der Waals surface area contributed by atoms with E-state index in [1.807, 2.05) is 6.92 Å². The maximum absolute atomic E-state index is 14.9. The Labute approximate surface area is 193 Å². The molecule has 180 valence electrons. The number of aryl methyl sites for hydroxylation is 1. The lowest BCUT2D eigenvalue weighted by Gasteiger charge is -2.40. The second-order valence-electron chi connectivity index (χ2n) is 8.46. The molecule has 2 unspecified atom stereocenters. The van der Waals surface area contributed by atoms with Gasteiger partial charge in [-0.15, -0.1) is 4.80 Å². The molecule has 1 fully saturated rings. The van der Waals surface area contributed by atoms with Crippen molar-refractivity contribution in [3.63, 3.8) is 0 Å². The molecular formula is C23H24F4N6O. The summed E-state index contributed by atoms with van der Waals surface area (Å²) in [6, 6.07) is 4.89. The van der Waals surface area contributed by atoms with Gasteiger partial charge in [0.2, 0.25) is 0 Å². The zero-order valence-corrected chi connectivity index (χ0v) is 18.7. The van der Waals surface area contributed by atoms with Gasteiger partial charge in [0.15, 0.2) is 5.82 Å². The number of benzene rings is 1. The molecule has 4 rings (SSSR count). The number of hydrogen-bond donors (Lipinski definition) is 1. The van der Waals surface area contributed by atoms with E-state index >= 15 is 0 Å². The van der Waals surface area contributed by atoms with Gasteiger partial charge < -0.3 is 10.2 Å². The minimum atomic E-state index is -4.46. The van der Waals surface area contributed by atoms with E-state index in [0.29, 0.717) is 12.1 Å². The standard InChI is InChI=1S/C23H24F4N6O/c1-14-10-17(21(18(24)11-14)33-30-7-8-31-33)22(34)32-9-3-4-15(2)19(32)13-29-20-6-5-16(12-28-20)23(25,26)27/h5-8,10-12,15,19H,3-4,9,13H2,1-2H3,(H,28,29). The molecule has 0 saturated carbocycles. The minimum absolute atomic E-state index is 0.0186. The van der Waals surface area contributed by atoms with Crippen LogP contribution in [-0.2, 0) is 6.18 Å². The average Bonchev–Trinajstić information content (AvgIpc) is 3.31. The van der Waals surface area contributed by atoms with Crippen LogP contribution in [0.3, 0.4) is 0 Å². The van der Waals surface area contributed by atoms with Crippen LogP contribution in [0.5, 0.6) is 0 Å². The summed E-state index contributed by atoms with van der Waals surface area (Å²) in [5.41, 5.74) is -0.108. The third kappa shape index (κ3) is 4.87. The van der Waals surface area contributed by atoms with E-state index in [4.69, 9.17) is 0 Å².